The molecule has 0 N–H and O–H groups in total. The third kappa shape index (κ3) is 6.12. The summed E-state index contributed by atoms with van der Waals surface area (Å²) in [4.78, 5) is 8.46. The Bertz CT molecular complexity index is 945. The molecule has 0 radical (unpaired) electrons. The average molecular weight is 547 g/mol. The van der Waals surface area contributed by atoms with Gasteiger partial charge in [0.15, 0.2) is 0 Å². The number of fused-ring (bicyclic) bond motifs is 2. The quantitative estimate of drug-likeness (QED) is 0.272. The molecule has 0 spiro atoms. The Labute approximate surface area is 203 Å². The summed E-state index contributed by atoms with van der Waals surface area (Å²) in [5.41, 5.74) is 1.95. The SMILES string of the molecule is COc1nc2ccsc2cc1Br.C[O-].Clc1nc2ccsc2cc1Br.[Na+]. The Hall–Kier alpha value is 0.230. The standard InChI is InChI=1S/C8H6BrNOS.C7H3BrClNS.CH3O.Na/c1-11-8-5(9)4-7-6(10-8)2-3-12-7;8-4-3-6-5(1-2-11-6)10-7(4)9;1-2;/h2-4H,1H3;1-3H;1H3;/q;;-1;+1. The van der Waals surface area contributed by atoms with Crippen LogP contribution in [0.4, 0.5) is 0 Å². The van der Waals surface area contributed by atoms with Gasteiger partial charge in [0, 0.05) is 0 Å². The Balaban J connectivity index is 0.000000230. The second-order valence-electron chi connectivity index (χ2n) is 4.35. The number of ether oxygens (including phenoxy) is 1. The van der Waals surface area contributed by atoms with Crippen LogP contribution in [0, 0.1) is 0 Å². The van der Waals surface area contributed by atoms with Crippen molar-refractivity contribution in [2.45, 2.75) is 0 Å². The summed E-state index contributed by atoms with van der Waals surface area (Å²) in [6.07, 6.45) is 0. The second kappa shape index (κ2) is 11.9. The third-order valence-electron chi connectivity index (χ3n) is 2.90. The molecule has 0 fully saturated rings. The maximum Gasteiger partial charge on any atom is 1.00 e. The Kier molecular flexibility index (Phi) is 11.1. The van der Waals surface area contributed by atoms with Crippen LogP contribution in [0.25, 0.3) is 20.4 Å². The first-order valence-corrected chi connectivity index (χ1v) is 10.5. The van der Waals surface area contributed by atoms with E-state index in [1.807, 2.05) is 35.0 Å². The average Bonchev–Trinajstić information content (AvgIpc) is 3.25. The van der Waals surface area contributed by atoms with Crippen LogP contribution >= 0.6 is 66.1 Å². The van der Waals surface area contributed by atoms with Gasteiger partial charge in [-0.2, -0.15) is 7.11 Å². The maximum absolute atomic E-state index is 8.25. The molecule has 4 nitrogen and oxygen atoms in total. The van der Waals surface area contributed by atoms with E-state index in [0.29, 0.717) is 11.0 Å². The number of hydrogen-bond acceptors (Lipinski definition) is 6. The summed E-state index contributed by atoms with van der Waals surface area (Å²) in [6.45, 7) is 0. The molecular weight excluding hydrogens is 535 g/mol. The molecular formula is C16H12Br2ClN2NaO2S2. The van der Waals surface area contributed by atoms with Crippen molar-refractivity contribution in [1.82, 2.24) is 9.97 Å². The number of hydrogen-bond donors (Lipinski definition) is 0. The van der Waals surface area contributed by atoms with Crippen molar-refractivity contribution in [2.75, 3.05) is 14.2 Å². The predicted molar refractivity (Wildman–Crippen MR) is 112 cm³/mol. The summed E-state index contributed by atoms with van der Waals surface area (Å²) >= 11 is 15.8. The van der Waals surface area contributed by atoms with Gasteiger partial charge in [0.05, 0.1) is 36.5 Å². The molecule has 0 aliphatic heterocycles. The number of rotatable bonds is 1. The van der Waals surface area contributed by atoms with Crippen molar-refractivity contribution in [2.24, 2.45) is 0 Å². The van der Waals surface area contributed by atoms with Crippen molar-refractivity contribution in [3.05, 3.63) is 49.1 Å². The van der Waals surface area contributed by atoms with Gasteiger partial charge in [0.25, 0.3) is 0 Å². The number of pyridine rings is 2. The van der Waals surface area contributed by atoms with Crippen LogP contribution in [0.15, 0.2) is 44.0 Å². The summed E-state index contributed by atoms with van der Waals surface area (Å²) in [5.74, 6) is 0.640. The van der Waals surface area contributed by atoms with Crippen molar-refractivity contribution in [3.63, 3.8) is 0 Å². The molecule has 0 saturated heterocycles. The van der Waals surface area contributed by atoms with E-state index in [2.05, 4.69) is 41.8 Å². The van der Waals surface area contributed by atoms with Gasteiger partial charge in [-0.25, -0.2) is 9.97 Å². The number of methoxy groups -OCH3 is 1. The van der Waals surface area contributed by atoms with Gasteiger partial charge >= 0.3 is 29.6 Å². The predicted octanol–water partition coefficient (Wildman–Crippen LogP) is 2.76. The number of nitrogens with zero attached hydrogens (tertiary/aromatic N) is 2. The fourth-order valence-corrected chi connectivity index (χ4v) is 4.62. The van der Waals surface area contributed by atoms with E-state index in [-0.39, 0.29) is 29.6 Å². The molecule has 0 bridgehead atoms. The number of aromatic nitrogens is 2. The zero-order chi connectivity index (χ0) is 18.4. The zero-order valence-electron chi connectivity index (χ0n) is 14.1. The van der Waals surface area contributed by atoms with Gasteiger partial charge in [0.2, 0.25) is 5.88 Å². The van der Waals surface area contributed by atoms with Crippen molar-refractivity contribution < 1.29 is 39.4 Å². The maximum atomic E-state index is 8.25. The van der Waals surface area contributed by atoms with Gasteiger partial charge in [-0.05, 0) is 66.9 Å². The van der Waals surface area contributed by atoms with Gasteiger partial charge in [-0.3, -0.25) is 0 Å². The molecule has 0 aliphatic carbocycles. The molecule has 10 heteroatoms. The molecule has 4 aromatic rings. The third-order valence-corrected chi connectivity index (χ3v) is 6.29. The topological polar surface area (TPSA) is 58.1 Å². The van der Waals surface area contributed by atoms with Crippen LogP contribution in [0.5, 0.6) is 5.88 Å². The van der Waals surface area contributed by atoms with Crippen LogP contribution < -0.4 is 39.4 Å². The van der Waals surface area contributed by atoms with Crippen LogP contribution in [0.3, 0.4) is 0 Å². The van der Waals surface area contributed by atoms with Crippen molar-refractivity contribution in [3.8, 4) is 5.88 Å². The minimum atomic E-state index is 0. The molecule has 4 heterocycles. The van der Waals surface area contributed by atoms with E-state index in [0.717, 1.165) is 31.8 Å². The molecule has 132 valence electrons. The molecule has 0 unspecified atom stereocenters. The van der Waals surface area contributed by atoms with Crippen molar-refractivity contribution >= 4 is 86.6 Å². The smallest absolute Gasteiger partial charge is 0.857 e. The fourth-order valence-electron chi connectivity index (χ4n) is 1.85. The van der Waals surface area contributed by atoms with Gasteiger partial charge in [-0.1, -0.05) is 11.6 Å². The minimum absolute atomic E-state index is 0. The Morgan fingerprint density at radius 2 is 1.46 bits per heavy atom. The van der Waals surface area contributed by atoms with E-state index in [4.69, 9.17) is 21.4 Å². The summed E-state index contributed by atoms with van der Waals surface area (Å²) in [5, 5.41) is 12.8. The van der Waals surface area contributed by atoms with Gasteiger partial charge < -0.3 is 9.84 Å². The first-order chi connectivity index (χ1) is 12.1. The van der Waals surface area contributed by atoms with Gasteiger partial charge in [0.1, 0.15) is 5.15 Å². The van der Waals surface area contributed by atoms with Gasteiger partial charge in [-0.15, -0.1) is 22.7 Å². The van der Waals surface area contributed by atoms with Crippen LogP contribution in [0.1, 0.15) is 0 Å². The second-order valence-corrected chi connectivity index (χ2v) is 8.31. The van der Waals surface area contributed by atoms with E-state index in [9.17, 15) is 0 Å². The first-order valence-electron chi connectivity index (χ1n) is 6.76. The normalized spacial score (nSPS) is 9.62. The minimum Gasteiger partial charge on any atom is -0.857 e. The number of halogens is 3. The van der Waals surface area contributed by atoms with E-state index >= 15 is 0 Å². The molecule has 26 heavy (non-hydrogen) atoms. The summed E-state index contributed by atoms with van der Waals surface area (Å²) in [7, 11) is 2.37. The van der Waals surface area contributed by atoms with Crippen molar-refractivity contribution in [1.29, 1.82) is 0 Å². The molecule has 0 saturated carbocycles. The van der Waals surface area contributed by atoms with Crippen LogP contribution in [0.2, 0.25) is 5.15 Å². The molecule has 0 atom stereocenters. The fraction of sp³-hybridized carbons (Fsp3) is 0.125. The molecule has 0 amide bonds. The molecule has 4 aromatic heterocycles. The number of thiophene rings is 2. The summed E-state index contributed by atoms with van der Waals surface area (Å²) < 4.78 is 9.15. The van der Waals surface area contributed by atoms with Crippen LogP contribution in [-0.2, 0) is 0 Å². The Morgan fingerprint density at radius 1 is 0.962 bits per heavy atom. The van der Waals surface area contributed by atoms with Crippen LogP contribution in [-0.4, -0.2) is 24.2 Å². The monoisotopic (exact) mass is 544 g/mol. The van der Waals surface area contributed by atoms with E-state index < -0.39 is 0 Å². The first kappa shape index (κ1) is 24.3. The van der Waals surface area contributed by atoms with E-state index in [1.165, 1.54) is 4.70 Å². The largest absolute Gasteiger partial charge is 1.00 e. The molecule has 0 aliphatic rings. The van der Waals surface area contributed by atoms with E-state index in [1.54, 1.807) is 29.8 Å². The zero-order valence-corrected chi connectivity index (χ0v) is 21.7. The summed E-state index contributed by atoms with van der Waals surface area (Å²) in [6, 6.07) is 7.94. The molecule has 4 rings (SSSR count). The Morgan fingerprint density at radius 3 is 2.00 bits per heavy atom. The molecule has 0 aromatic carbocycles.